The minimum atomic E-state index is -3.66. The van der Waals surface area contributed by atoms with E-state index in [1.807, 2.05) is 0 Å². The van der Waals surface area contributed by atoms with Crippen LogP contribution in [0, 0.1) is 5.92 Å². The number of nitrogens with one attached hydrogen (secondary N) is 2. The van der Waals surface area contributed by atoms with Crippen LogP contribution in [0.4, 0.5) is 5.69 Å². The van der Waals surface area contributed by atoms with Crippen molar-refractivity contribution < 1.29 is 22.7 Å². The topological polar surface area (TPSA) is 105 Å². The molecule has 2 atom stereocenters. The second kappa shape index (κ2) is 10.5. The molecule has 9 heteroatoms. The van der Waals surface area contributed by atoms with Crippen LogP contribution in [0.3, 0.4) is 0 Å². The molecule has 2 aromatic rings. The van der Waals surface area contributed by atoms with Crippen molar-refractivity contribution in [1.29, 1.82) is 0 Å². The van der Waals surface area contributed by atoms with Gasteiger partial charge >= 0.3 is 0 Å². The fourth-order valence-electron chi connectivity index (χ4n) is 4.25. The van der Waals surface area contributed by atoms with Gasteiger partial charge in [-0.1, -0.05) is 30.3 Å². The Morgan fingerprint density at radius 1 is 1.00 bits per heavy atom. The van der Waals surface area contributed by atoms with Gasteiger partial charge in [0.15, 0.2) is 0 Å². The van der Waals surface area contributed by atoms with E-state index < -0.39 is 15.9 Å². The van der Waals surface area contributed by atoms with E-state index in [-0.39, 0.29) is 29.4 Å². The standard InChI is InChI=1S/C24H29N3O5S/c28-23(18-8-6-14-27(17-18)33(30,31)20-10-2-1-3-11-20)26-22-13-5-4-12-21(22)24(29)25-16-19-9-7-15-32-19/h1-5,10-13,18-19H,6-9,14-17H2,(H,25,29)(H,26,28)/t18-,19-/m0/s1. The zero-order valence-corrected chi connectivity index (χ0v) is 19.2. The summed E-state index contributed by atoms with van der Waals surface area (Å²) in [6, 6.07) is 15.1. The van der Waals surface area contributed by atoms with Gasteiger partial charge in [0, 0.05) is 26.2 Å². The van der Waals surface area contributed by atoms with Gasteiger partial charge in [0.25, 0.3) is 5.91 Å². The zero-order valence-electron chi connectivity index (χ0n) is 18.4. The smallest absolute Gasteiger partial charge is 0.253 e. The van der Waals surface area contributed by atoms with E-state index in [0.29, 0.717) is 43.8 Å². The number of anilines is 1. The Morgan fingerprint density at radius 3 is 2.52 bits per heavy atom. The van der Waals surface area contributed by atoms with Crippen LogP contribution in [-0.2, 0) is 19.6 Å². The highest BCUT2D eigenvalue weighted by Gasteiger charge is 2.33. The summed E-state index contributed by atoms with van der Waals surface area (Å²) in [6.45, 7) is 1.63. The van der Waals surface area contributed by atoms with Crippen molar-refractivity contribution in [1.82, 2.24) is 9.62 Å². The molecular weight excluding hydrogens is 442 g/mol. The van der Waals surface area contributed by atoms with Gasteiger partial charge in [-0.05, 0) is 49.9 Å². The van der Waals surface area contributed by atoms with Crippen LogP contribution < -0.4 is 10.6 Å². The summed E-state index contributed by atoms with van der Waals surface area (Å²) < 4.78 is 32.9. The van der Waals surface area contributed by atoms with Crippen molar-refractivity contribution >= 4 is 27.5 Å². The van der Waals surface area contributed by atoms with Gasteiger partial charge in [0.2, 0.25) is 15.9 Å². The number of piperidine rings is 1. The maximum atomic E-state index is 13.0. The summed E-state index contributed by atoms with van der Waals surface area (Å²) >= 11 is 0. The second-order valence-corrected chi connectivity index (χ2v) is 10.3. The quantitative estimate of drug-likeness (QED) is 0.646. The van der Waals surface area contributed by atoms with Gasteiger partial charge in [-0.15, -0.1) is 0 Å². The summed E-state index contributed by atoms with van der Waals surface area (Å²) in [5.74, 6) is -1.07. The SMILES string of the molecule is O=C(NC[C@@H]1CCCO1)c1ccccc1NC(=O)[C@H]1CCCN(S(=O)(=O)c2ccccc2)C1. The summed E-state index contributed by atoms with van der Waals surface area (Å²) in [7, 11) is -3.66. The number of hydrogen-bond acceptors (Lipinski definition) is 5. The molecule has 2 aliphatic heterocycles. The highest BCUT2D eigenvalue weighted by molar-refractivity contribution is 7.89. The number of ether oxygens (including phenoxy) is 1. The first-order valence-electron chi connectivity index (χ1n) is 11.3. The summed E-state index contributed by atoms with van der Waals surface area (Å²) in [5, 5.41) is 5.72. The lowest BCUT2D eigenvalue weighted by atomic mass is 9.98. The molecule has 2 amide bonds. The third kappa shape index (κ3) is 5.61. The molecule has 0 radical (unpaired) electrons. The first-order chi connectivity index (χ1) is 15.9. The van der Waals surface area contributed by atoms with Crippen molar-refractivity contribution in [2.75, 3.05) is 31.6 Å². The van der Waals surface area contributed by atoms with Gasteiger partial charge < -0.3 is 15.4 Å². The maximum absolute atomic E-state index is 13.0. The Balaban J connectivity index is 1.41. The molecule has 4 rings (SSSR count). The summed E-state index contributed by atoms with van der Waals surface area (Å²) in [5.41, 5.74) is 0.781. The molecular formula is C24H29N3O5S. The van der Waals surface area contributed by atoms with Crippen molar-refractivity contribution in [3.05, 3.63) is 60.2 Å². The molecule has 176 valence electrons. The zero-order chi connectivity index (χ0) is 23.3. The molecule has 2 aliphatic rings. The predicted octanol–water partition coefficient (Wildman–Crippen LogP) is 2.63. The molecule has 0 saturated carbocycles. The molecule has 0 aliphatic carbocycles. The lowest BCUT2D eigenvalue weighted by Crippen LogP contribution is -2.43. The Labute approximate surface area is 194 Å². The number of amides is 2. The minimum Gasteiger partial charge on any atom is -0.376 e. The molecule has 2 aromatic carbocycles. The molecule has 0 unspecified atom stereocenters. The number of benzene rings is 2. The first-order valence-corrected chi connectivity index (χ1v) is 12.7. The van der Waals surface area contributed by atoms with Gasteiger partial charge in [-0.25, -0.2) is 8.42 Å². The van der Waals surface area contributed by atoms with Crippen molar-refractivity contribution in [2.45, 2.75) is 36.7 Å². The average molecular weight is 472 g/mol. The molecule has 2 heterocycles. The molecule has 0 spiro atoms. The number of carbonyl (C=O) groups is 2. The van der Waals surface area contributed by atoms with Crippen molar-refractivity contribution in [2.24, 2.45) is 5.92 Å². The normalized spacial score (nSPS) is 21.5. The maximum Gasteiger partial charge on any atom is 0.253 e. The van der Waals surface area contributed by atoms with Crippen LogP contribution in [-0.4, -0.2) is 56.9 Å². The average Bonchev–Trinajstić information content (AvgIpc) is 3.37. The van der Waals surface area contributed by atoms with Crippen LogP contribution in [0.1, 0.15) is 36.0 Å². The van der Waals surface area contributed by atoms with Crippen molar-refractivity contribution in [3.63, 3.8) is 0 Å². The Morgan fingerprint density at radius 2 is 1.76 bits per heavy atom. The molecule has 33 heavy (non-hydrogen) atoms. The fraction of sp³-hybridized carbons (Fsp3) is 0.417. The van der Waals surface area contributed by atoms with Crippen LogP contribution in [0.5, 0.6) is 0 Å². The third-order valence-corrected chi connectivity index (χ3v) is 7.96. The first kappa shape index (κ1) is 23.4. The molecule has 8 nitrogen and oxygen atoms in total. The number of para-hydroxylation sites is 1. The van der Waals surface area contributed by atoms with Crippen LogP contribution in [0.25, 0.3) is 0 Å². The van der Waals surface area contributed by atoms with Gasteiger partial charge in [-0.2, -0.15) is 4.31 Å². The largest absolute Gasteiger partial charge is 0.376 e. The van der Waals surface area contributed by atoms with Crippen LogP contribution >= 0.6 is 0 Å². The fourth-order valence-corrected chi connectivity index (χ4v) is 5.79. The number of hydrogen-bond donors (Lipinski definition) is 2. The van der Waals surface area contributed by atoms with E-state index in [9.17, 15) is 18.0 Å². The number of rotatable bonds is 7. The molecule has 2 fully saturated rings. The Kier molecular flexibility index (Phi) is 7.42. The van der Waals surface area contributed by atoms with Gasteiger partial charge in [0.05, 0.1) is 28.2 Å². The van der Waals surface area contributed by atoms with E-state index in [0.717, 1.165) is 12.8 Å². The van der Waals surface area contributed by atoms with E-state index in [4.69, 9.17) is 4.74 Å². The van der Waals surface area contributed by atoms with E-state index in [1.54, 1.807) is 54.6 Å². The monoisotopic (exact) mass is 471 g/mol. The minimum absolute atomic E-state index is 0.0236. The summed E-state index contributed by atoms with van der Waals surface area (Å²) in [4.78, 5) is 26.0. The Bertz CT molecular complexity index is 1080. The highest BCUT2D eigenvalue weighted by atomic mass is 32.2. The molecule has 2 N–H and O–H groups in total. The lowest BCUT2D eigenvalue weighted by molar-refractivity contribution is -0.120. The second-order valence-electron chi connectivity index (χ2n) is 8.40. The number of carbonyl (C=O) groups excluding carboxylic acids is 2. The third-order valence-electron chi connectivity index (χ3n) is 6.08. The molecule has 0 aromatic heterocycles. The van der Waals surface area contributed by atoms with Crippen molar-refractivity contribution in [3.8, 4) is 0 Å². The van der Waals surface area contributed by atoms with E-state index in [1.165, 1.54) is 4.31 Å². The lowest BCUT2D eigenvalue weighted by Gasteiger charge is -2.31. The van der Waals surface area contributed by atoms with Crippen LogP contribution in [0.15, 0.2) is 59.5 Å². The predicted molar refractivity (Wildman–Crippen MR) is 124 cm³/mol. The van der Waals surface area contributed by atoms with Gasteiger partial charge in [-0.3, -0.25) is 9.59 Å². The summed E-state index contributed by atoms with van der Waals surface area (Å²) in [6.07, 6.45) is 3.11. The highest BCUT2D eigenvalue weighted by Crippen LogP contribution is 2.25. The van der Waals surface area contributed by atoms with Gasteiger partial charge in [0.1, 0.15) is 0 Å². The van der Waals surface area contributed by atoms with E-state index in [2.05, 4.69) is 10.6 Å². The van der Waals surface area contributed by atoms with Crippen LogP contribution in [0.2, 0.25) is 0 Å². The number of sulfonamides is 1. The molecule has 2 saturated heterocycles. The van der Waals surface area contributed by atoms with E-state index >= 15 is 0 Å². The molecule has 0 bridgehead atoms. The number of nitrogens with zero attached hydrogens (tertiary/aromatic N) is 1. The Hall–Kier alpha value is -2.75.